The van der Waals surface area contributed by atoms with E-state index >= 15 is 0 Å². The number of methoxy groups -OCH3 is 1. The standard InChI is InChI=1S/C24H18N2O6/c1-13-11-18(25-32-13)26-20(14-7-4-3-5-8-14)19(22(28)24(26)29)21(27)17-12-15-9-6-10-16(30-2)23(15)31-17/h3-12,20,28H,1-2H3/t20-/m1/s1. The normalized spacial score (nSPS) is 16.2. The Bertz CT molecular complexity index is 1380. The number of nitrogens with zero attached hydrogens (tertiary/aromatic N) is 2. The topological polar surface area (TPSA) is 106 Å². The molecular formula is C24H18N2O6. The van der Waals surface area contributed by atoms with Crippen LogP contribution < -0.4 is 9.64 Å². The molecule has 0 spiro atoms. The van der Waals surface area contributed by atoms with Crippen molar-refractivity contribution in [1.29, 1.82) is 0 Å². The summed E-state index contributed by atoms with van der Waals surface area (Å²) in [7, 11) is 1.51. The van der Waals surface area contributed by atoms with Crippen molar-refractivity contribution < 1.29 is 28.4 Å². The number of furan rings is 1. The second-order valence-electron chi connectivity index (χ2n) is 7.36. The summed E-state index contributed by atoms with van der Waals surface area (Å²) in [5.74, 6) is -0.864. The van der Waals surface area contributed by atoms with Crippen molar-refractivity contribution in [1.82, 2.24) is 5.16 Å². The van der Waals surface area contributed by atoms with Crippen LogP contribution in [0.1, 0.15) is 27.9 Å². The highest BCUT2D eigenvalue weighted by atomic mass is 16.5. The summed E-state index contributed by atoms with van der Waals surface area (Å²) in [5, 5.41) is 15.4. The minimum atomic E-state index is -0.907. The number of Topliss-reactive ketones (excluding diaryl/α,β-unsaturated/α-hetero) is 1. The molecule has 2 aromatic heterocycles. The molecule has 3 heterocycles. The predicted octanol–water partition coefficient (Wildman–Crippen LogP) is 4.52. The van der Waals surface area contributed by atoms with Gasteiger partial charge in [-0.2, -0.15) is 0 Å². The Kier molecular flexibility index (Phi) is 4.55. The van der Waals surface area contributed by atoms with Gasteiger partial charge < -0.3 is 18.8 Å². The number of benzene rings is 2. The molecule has 2 aromatic carbocycles. The lowest BCUT2D eigenvalue weighted by molar-refractivity contribution is -0.117. The lowest BCUT2D eigenvalue weighted by Crippen LogP contribution is -2.31. The van der Waals surface area contributed by atoms with Crippen molar-refractivity contribution >= 4 is 28.5 Å². The van der Waals surface area contributed by atoms with Gasteiger partial charge in [0, 0.05) is 11.5 Å². The van der Waals surface area contributed by atoms with E-state index in [2.05, 4.69) is 5.16 Å². The van der Waals surface area contributed by atoms with Crippen LogP contribution >= 0.6 is 0 Å². The van der Waals surface area contributed by atoms with Crippen LogP contribution in [0, 0.1) is 6.92 Å². The molecule has 1 amide bonds. The number of amides is 1. The number of para-hydroxylation sites is 1. The first kappa shape index (κ1) is 19.6. The first-order valence-corrected chi connectivity index (χ1v) is 9.85. The quantitative estimate of drug-likeness (QED) is 0.464. The monoisotopic (exact) mass is 430 g/mol. The maximum atomic E-state index is 13.6. The molecule has 1 aliphatic rings. The molecule has 0 fully saturated rings. The second kappa shape index (κ2) is 7.42. The van der Waals surface area contributed by atoms with Crippen molar-refractivity contribution in [3.05, 3.63) is 89.1 Å². The lowest BCUT2D eigenvalue weighted by Gasteiger charge is -2.24. The Balaban J connectivity index is 1.65. The fraction of sp³-hybridized carbons (Fsp3) is 0.125. The number of aryl methyl sites for hydroxylation is 1. The average Bonchev–Trinajstić information content (AvgIpc) is 3.50. The van der Waals surface area contributed by atoms with E-state index in [1.54, 1.807) is 61.5 Å². The molecule has 0 unspecified atom stereocenters. The largest absolute Gasteiger partial charge is 0.503 e. The number of hydrogen-bond acceptors (Lipinski definition) is 7. The Labute approximate surface area is 182 Å². The van der Waals surface area contributed by atoms with Crippen LogP contribution in [-0.4, -0.2) is 29.1 Å². The van der Waals surface area contributed by atoms with Crippen molar-refractivity contribution in [2.45, 2.75) is 13.0 Å². The Morgan fingerprint density at radius 3 is 2.59 bits per heavy atom. The van der Waals surface area contributed by atoms with Gasteiger partial charge in [0.05, 0.1) is 18.7 Å². The van der Waals surface area contributed by atoms with Gasteiger partial charge in [-0.15, -0.1) is 0 Å². The minimum absolute atomic E-state index is 0.0158. The lowest BCUT2D eigenvalue weighted by atomic mass is 9.95. The smallest absolute Gasteiger partial charge is 0.295 e. The fourth-order valence-corrected chi connectivity index (χ4v) is 3.93. The van der Waals surface area contributed by atoms with E-state index in [0.29, 0.717) is 28.0 Å². The SMILES string of the molecule is COc1cccc2cc(C(=O)C3=C(O)C(=O)N(c4cc(C)on4)[C@@H]3c3ccccc3)oc12. The number of aromatic nitrogens is 1. The number of fused-ring (bicyclic) bond motifs is 1. The van der Waals surface area contributed by atoms with Gasteiger partial charge in [-0.1, -0.05) is 47.6 Å². The van der Waals surface area contributed by atoms with Gasteiger partial charge in [0.2, 0.25) is 5.78 Å². The van der Waals surface area contributed by atoms with Crippen LogP contribution in [0.2, 0.25) is 0 Å². The highest BCUT2D eigenvalue weighted by Crippen LogP contribution is 2.42. The van der Waals surface area contributed by atoms with E-state index in [9.17, 15) is 14.7 Å². The van der Waals surface area contributed by atoms with Crippen molar-refractivity contribution in [3.8, 4) is 5.75 Å². The molecule has 1 N–H and O–H groups in total. The number of ether oxygens (including phenoxy) is 1. The molecule has 0 aliphatic carbocycles. The number of ketones is 1. The van der Waals surface area contributed by atoms with E-state index in [1.165, 1.54) is 12.0 Å². The minimum Gasteiger partial charge on any atom is -0.503 e. The third kappa shape index (κ3) is 2.96. The number of carbonyl (C=O) groups is 2. The summed E-state index contributed by atoms with van der Waals surface area (Å²) in [6, 6.07) is 16.4. The molecule has 0 saturated heterocycles. The van der Waals surface area contributed by atoms with Crippen LogP contribution in [0.5, 0.6) is 5.75 Å². The highest BCUT2D eigenvalue weighted by Gasteiger charge is 2.46. The molecule has 1 atom stereocenters. The summed E-state index contributed by atoms with van der Waals surface area (Å²) in [6.07, 6.45) is 0. The zero-order valence-electron chi connectivity index (χ0n) is 17.2. The fourth-order valence-electron chi connectivity index (χ4n) is 3.93. The Morgan fingerprint density at radius 2 is 1.91 bits per heavy atom. The Hall–Kier alpha value is -4.33. The van der Waals surface area contributed by atoms with Gasteiger partial charge in [0.1, 0.15) is 5.76 Å². The third-order valence-corrected chi connectivity index (χ3v) is 5.38. The van der Waals surface area contributed by atoms with Gasteiger partial charge in [0.15, 0.2) is 28.7 Å². The van der Waals surface area contributed by atoms with Crippen LogP contribution in [0.3, 0.4) is 0 Å². The summed E-state index contributed by atoms with van der Waals surface area (Å²) in [4.78, 5) is 27.9. The molecule has 1 aliphatic heterocycles. The average molecular weight is 430 g/mol. The molecule has 0 bridgehead atoms. The van der Waals surface area contributed by atoms with Gasteiger partial charge >= 0.3 is 0 Å². The van der Waals surface area contributed by atoms with Gasteiger partial charge in [-0.25, -0.2) is 0 Å². The molecule has 8 heteroatoms. The van der Waals surface area contributed by atoms with Crippen molar-refractivity contribution in [2.75, 3.05) is 12.0 Å². The summed E-state index contributed by atoms with van der Waals surface area (Å²) < 4.78 is 16.2. The van der Waals surface area contributed by atoms with Crippen LogP contribution in [0.15, 0.2) is 80.9 Å². The van der Waals surface area contributed by atoms with Crippen molar-refractivity contribution in [3.63, 3.8) is 0 Å². The Morgan fingerprint density at radius 1 is 1.12 bits per heavy atom. The highest BCUT2D eigenvalue weighted by molar-refractivity contribution is 6.20. The van der Waals surface area contributed by atoms with Crippen LogP contribution in [-0.2, 0) is 4.79 Å². The molecule has 0 radical (unpaired) electrons. The number of carbonyl (C=O) groups excluding carboxylic acids is 2. The van der Waals surface area contributed by atoms with Crippen LogP contribution in [0.4, 0.5) is 5.82 Å². The number of hydrogen-bond donors (Lipinski definition) is 1. The number of rotatable bonds is 5. The molecule has 8 nitrogen and oxygen atoms in total. The number of aliphatic hydroxyl groups excluding tert-OH is 1. The zero-order chi connectivity index (χ0) is 22.4. The second-order valence-corrected chi connectivity index (χ2v) is 7.36. The van der Waals surface area contributed by atoms with E-state index in [0.717, 1.165) is 0 Å². The maximum Gasteiger partial charge on any atom is 0.295 e. The third-order valence-electron chi connectivity index (χ3n) is 5.38. The zero-order valence-corrected chi connectivity index (χ0v) is 17.2. The van der Waals surface area contributed by atoms with E-state index in [-0.39, 0.29) is 17.2 Å². The van der Waals surface area contributed by atoms with Gasteiger partial charge in [0.25, 0.3) is 5.91 Å². The molecule has 160 valence electrons. The first-order chi connectivity index (χ1) is 15.5. The van der Waals surface area contributed by atoms with E-state index < -0.39 is 23.5 Å². The molecule has 4 aromatic rings. The van der Waals surface area contributed by atoms with E-state index in [4.69, 9.17) is 13.7 Å². The maximum absolute atomic E-state index is 13.6. The molecular weight excluding hydrogens is 412 g/mol. The van der Waals surface area contributed by atoms with Crippen LogP contribution in [0.25, 0.3) is 11.0 Å². The number of anilines is 1. The molecule has 5 rings (SSSR count). The first-order valence-electron chi connectivity index (χ1n) is 9.85. The predicted molar refractivity (Wildman–Crippen MR) is 115 cm³/mol. The van der Waals surface area contributed by atoms with Gasteiger partial charge in [-0.3, -0.25) is 14.5 Å². The summed E-state index contributed by atoms with van der Waals surface area (Å²) >= 11 is 0. The van der Waals surface area contributed by atoms with Crippen molar-refractivity contribution in [2.24, 2.45) is 0 Å². The summed E-state index contributed by atoms with van der Waals surface area (Å²) in [6.45, 7) is 1.69. The summed E-state index contributed by atoms with van der Waals surface area (Å²) in [5.41, 5.74) is 0.936. The molecule has 0 saturated carbocycles. The van der Waals surface area contributed by atoms with Gasteiger partial charge in [-0.05, 0) is 24.6 Å². The molecule has 32 heavy (non-hydrogen) atoms. The van der Waals surface area contributed by atoms with E-state index in [1.807, 2.05) is 6.07 Å². The number of aliphatic hydroxyl groups is 1.